The molecule has 1 rings (SSSR count). The van der Waals surface area contributed by atoms with Gasteiger partial charge >= 0.3 is 0 Å². The fourth-order valence-electron chi connectivity index (χ4n) is 1.85. The average Bonchev–Trinajstić information content (AvgIpc) is 2.64. The molecule has 1 fully saturated rings. The number of thioether (sulfide) groups is 1. The van der Waals surface area contributed by atoms with E-state index in [0.29, 0.717) is 6.54 Å². The SMILES string of the molecule is CC(C)(C)CC(Cl)CNC(=O)C1CCCS1. The molecule has 0 bridgehead atoms. The highest BCUT2D eigenvalue weighted by Crippen LogP contribution is 2.26. The summed E-state index contributed by atoms with van der Waals surface area (Å²) in [5.74, 6) is 1.28. The van der Waals surface area contributed by atoms with E-state index >= 15 is 0 Å². The molecule has 1 aliphatic rings. The molecule has 94 valence electrons. The van der Waals surface area contributed by atoms with Gasteiger partial charge in [-0.15, -0.1) is 23.4 Å². The van der Waals surface area contributed by atoms with Crippen molar-refractivity contribution in [2.75, 3.05) is 12.3 Å². The van der Waals surface area contributed by atoms with Crippen LogP contribution in [0.25, 0.3) is 0 Å². The highest BCUT2D eigenvalue weighted by Gasteiger charge is 2.24. The summed E-state index contributed by atoms with van der Waals surface area (Å²) < 4.78 is 0. The predicted molar refractivity (Wildman–Crippen MR) is 72.2 cm³/mol. The fraction of sp³-hybridized carbons (Fsp3) is 0.917. The van der Waals surface area contributed by atoms with Gasteiger partial charge in [-0.3, -0.25) is 4.79 Å². The molecule has 2 nitrogen and oxygen atoms in total. The van der Waals surface area contributed by atoms with Crippen molar-refractivity contribution in [2.45, 2.75) is 50.7 Å². The third-order valence-electron chi connectivity index (χ3n) is 2.55. The van der Waals surface area contributed by atoms with E-state index in [1.54, 1.807) is 11.8 Å². The Hall–Kier alpha value is 0.110. The zero-order chi connectivity index (χ0) is 12.2. The number of hydrogen-bond acceptors (Lipinski definition) is 2. The van der Waals surface area contributed by atoms with E-state index in [2.05, 4.69) is 26.1 Å². The number of nitrogens with one attached hydrogen (secondary N) is 1. The van der Waals surface area contributed by atoms with Gasteiger partial charge in [0.15, 0.2) is 0 Å². The van der Waals surface area contributed by atoms with E-state index in [1.807, 2.05) is 0 Å². The van der Waals surface area contributed by atoms with Crippen molar-refractivity contribution in [1.29, 1.82) is 0 Å². The molecule has 1 aliphatic heterocycles. The average molecular weight is 264 g/mol. The molecule has 4 heteroatoms. The number of hydrogen-bond donors (Lipinski definition) is 1. The van der Waals surface area contributed by atoms with Crippen LogP contribution in [0.4, 0.5) is 0 Å². The first kappa shape index (κ1) is 14.2. The summed E-state index contributed by atoms with van der Waals surface area (Å²) in [5, 5.41) is 3.16. The normalized spacial score (nSPS) is 23.1. The van der Waals surface area contributed by atoms with Gasteiger partial charge in [-0.05, 0) is 30.4 Å². The fourth-order valence-corrected chi connectivity index (χ4v) is 3.57. The minimum atomic E-state index is 0.0374. The molecule has 2 atom stereocenters. The summed E-state index contributed by atoms with van der Waals surface area (Å²) in [4.78, 5) is 11.7. The van der Waals surface area contributed by atoms with Crippen LogP contribution >= 0.6 is 23.4 Å². The number of amides is 1. The van der Waals surface area contributed by atoms with Crippen molar-refractivity contribution in [3.63, 3.8) is 0 Å². The van der Waals surface area contributed by atoms with E-state index in [9.17, 15) is 4.79 Å². The molecule has 0 radical (unpaired) electrons. The zero-order valence-corrected chi connectivity index (χ0v) is 12.0. The molecule has 0 saturated carbocycles. The summed E-state index contributed by atoms with van der Waals surface area (Å²) >= 11 is 7.95. The Morgan fingerprint density at radius 3 is 2.75 bits per heavy atom. The molecule has 1 N–H and O–H groups in total. The van der Waals surface area contributed by atoms with Gasteiger partial charge in [0.05, 0.1) is 10.6 Å². The van der Waals surface area contributed by atoms with E-state index in [4.69, 9.17) is 11.6 Å². The highest BCUT2D eigenvalue weighted by molar-refractivity contribution is 8.00. The van der Waals surface area contributed by atoms with Crippen LogP contribution in [-0.2, 0) is 4.79 Å². The Morgan fingerprint density at radius 2 is 2.25 bits per heavy atom. The third kappa shape index (κ3) is 5.44. The first-order chi connectivity index (χ1) is 7.38. The lowest BCUT2D eigenvalue weighted by molar-refractivity contribution is -0.120. The maximum atomic E-state index is 11.7. The molecule has 1 amide bonds. The van der Waals surface area contributed by atoms with Crippen LogP contribution < -0.4 is 5.32 Å². The van der Waals surface area contributed by atoms with Crippen LogP contribution in [0.3, 0.4) is 0 Å². The standard InChI is InChI=1S/C12H22ClNOS/c1-12(2,3)7-9(13)8-14-11(15)10-5-4-6-16-10/h9-10H,4-8H2,1-3H3,(H,14,15). The lowest BCUT2D eigenvalue weighted by Gasteiger charge is -2.22. The summed E-state index contributed by atoms with van der Waals surface area (Å²) in [5.41, 5.74) is 0.221. The molecule has 2 unspecified atom stereocenters. The zero-order valence-electron chi connectivity index (χ0n) is 10.4. The van der Waals surface area contributed by atoms with Gasteiger partial charge in [0.2, 0.25) is 5.91 Å². The third-order valence-corrected chi connectivity index (χ3v) is 4.24. The van der Waals surface area contributed by atoms with Gasteiger partial charge in [-0.1, -0.05) is 20.8 Å². The van der Waals surface area contributed by atoms with Gasteiger partial charge in [0.1, 0.15) is 0 Å². The highest BCUT2D eigenvalue weighted by atomic mass is 35.5. The van der Waals surface area contributed by atoms with E-state index in [1.165, 1.54) is 0 Å². The van der Waals surface area contributed by atoms with Crippen molar-refractivity contribution in [1.82, 2.24) is 5.32 Å². The Balaban J connectivity index is 2.20. The topological polar surface area (TPSA) is 29.1 Å². The Kier molecular flexibility index (Phi) is 5.45. The second-order valence-corrected chi connectivity index (χ2v) is 7.54. The molecular weight excluding hydrogens is 242 g/mol. The maximum Gasteiger partial charge on any atom is 0.233 e. The van der Waals surface area contributed by atoms with Crippen LogP contribution in [-0.4, -0.2) is 28.8 Å². The van der Waals surface area contributed by atoms with Crippen molar-refractivity contribution in [3.8, 4) is 0 Å². The largest absolute Gasteiger partial charge is 0.354 e. The van der Waals surface area contributed by atoms with Crippen molar-refractivity contribution in [3.05, 3.63) is 0 Å². The Bertz CT molecular complexity index is 234. The summed E-state index contributed by atoms with van der Waals surface area (Å²) in [7, 11) is 0. The van der Waals surface area contributed by atoms with E-state index < -0.39 is 0 Å². The molecule has 0 aromatic rings. The smallest absolute Gasteiger partial charge is 0.233 e. The molecule has 0 aliphatic carbocycles. The van der Waals surface area contributed by atoms with Crippen LogP contribution in [0.2, 0.25) is 0 Å². The van der Waals surface area contributed by atoms with Crippen LogP contribution in [0, 0.1) is 5.41 Å². The Morgan fingerprint density at radius 1 is 1.56 bits per heavy atom. The van der Waals surface area contributed by atoms with Crippen molar-refractivity contribution < 1.29 is 4.79 Å². The summed E-state index contributed by atoms with van der Waals surface area (Å²) in [6.45, 7) is 7.08. The number of carbonyl (C=O) groups excluding carboxylic acids is 1. The predicted octanol–water partition coefficient (Wildman–Crippen LogP) is 3.04. The summed E-state index contributed by atoms with van der Waals surface area (Å²) in [6.07, 6.45) is 3.10. The first-order valence-corrected chi connectivity index (χ1v) is 7.40. The molecule has 0 spiro atoms. The molecule has 1 heterocycles. The van der Waals surface area contributed by atoms with Gasteiger partial charge < -0.3 is 5.32 Å². The van der Waals surface area contributed by atoms with Gasteiger partial charge in [-0.2, -0.15) is 0 Å². The van der Waals surface area contributed by atoms with Crippen molar-refractivity contribution in [2.24, 2.45) is 5.41 Å². The molecule has 1 saturated heterocycles. The van der Waals surface area contributed by atoms with Crippen LogP contribution in [0.15, 0.2) is 0 Å². The van der Waals surface area contributed by atoms with Crippen molar-refractivity contribution >= 4 is 29.3 Å². The molecule has 0 aromatic heterocycles. The number of halogens is 1. The number of rotatable bonds is 4. The molecule has 16 heavy (non-hydrogen) atoms. The maximum absolute atomic E-state index is 11.7. The minimum Gasteiger partial charge on any atom is -0.354 e. The van der Waals surface area contributed by atoms with Gasteiger partial charge in [0.25, 0.3) is 0 Å². The molecule has 0 aromatic carbocycles. The quantitative estimate of drug-likeness (QED) is 0.790. The van der Waals surface area contributed by atoms with Crippen LogP contribution in [0.5, 0.6) is 0 Å². The summed E-state index contributed by atoms with van der Waals surface area (Å²) in [6, 6.07) is 0. The number of carbonyl (C=O) groups is 1. The van der Waals surface area contributed by atoms with E-state index in [0.717, 1.165) is 25.0 Å². The second-order valence-electron chi connectivity index (χ2n) is 5.61. The lowest BCUT2D eigenvalue weighted by Crippen LogP contribution is -2.36. The minimum absolute atomic E-state index is 0.0374. The van der Waals surface area contributed by atoms with E-state index in [-0.39, 0.29) is 21.9 Å². The monoisotopic (exact) mass is 263 g/mol. The Labute approximate surface area is 108 Å². The van der Waals surface area contributed by atoms with Crippen LogP contribution in [0.1, 0.15) is 40.0 Å². The second kappa shape index (κ2) is 6.15. The first-order valence-electron chi connectivity index (χ1n) is 5.92. The lowest BCUT2D eigenvalue weighted by atomic mass is 9.90. The molecular formula is C12H22ClNOS. The van der Waals surface area contributed by atoms with Gasteiger partial charge in [0, 0.05) is 6.54 Å². The van der Waals surface area contributed by atoms with Gasteiger partial charge in [-0.25, -0.2) is 0 Å². The number of alkyl halides is 1.